The molecule has 0 aliphatic heterocycles. The van der Waals surface area contributed by atoms with Gasteiger partial charge in [0.25, 0.3) is 5.56 Å². The van der Waals surface area contributed by atoms with Crippen LogP contribution in [0.3, 0.4) is 0 Å². The highest BCUT2D eigenvalue weighted by atomic mass is 16.1. The lowest BCUT2D eigenvalue weighted by atomic mass is 10.0. The van der Waals surface area contributed by atoms with Crippen LogP contribution in [0, 0.1) is 34.6 Å². The minimum atomic E-state index is 0.00820. The van der Waals surface area contributed by atoms with E-state index in [4.69, 9.17) is 0 Å². The molecule has 94 valence electrons. The first-order valence-corrected chi connectivity index (χ1v) is 6.05. The third-order valence-corrected chi connectivity index (χ3v) is 3.52. The summed E-state index contributed by atoms with van der Waals surface area (Å²) < 4.78 is 1.63. The van der Waals surface area contributed by atoms with Crippen LogP contribution < -0.4 is 5.56 Å². The van der Waals surface area contributed by atoms with Gasteiger partial charge < -0.3 is 0 Å². The Kier molecular flexibility index (Phi) is 3.07. The fraction of sp³-hybridized carbons (Fsp3) is 0.333. The first-order chi connectivity index (χ1) is 8.41. The van der Waals surface area contributed by atoms with Gasteiger partial charge in [-0.2, -0.15) is 0 Å². The quantitative estimate of drug-likeness (QED) is 0.770. The molecule has 18 heavy (non-hydrogen) atoms. The Hall–Kier alpha value is -1.90. The first-order valence-electron chi connectivity index (χ1n) is 6.05. The second kappa shape index (κ2) is 4.41. The number of benzene rings is 1. The Morgan fingerprint density at radius 3 is 2.22 bits per heavy atom. The zero-order valence-corrected chi connectivity index (χ0v) is 11.5. The molecule has 1 aromatic heterocycles. The van der Waals surface area contributed by atoms with E-state index in [9.17, 15) is 4.79 Å². The number of hydrogen-bond acceptors (Lipinski definition) is 2. The van der Waals surface area contributed by atoms with Crippen molar-refractivity contribution in [1.29, 1.82) is 0 Å². The highest BCUT2D eigenvalue weighted by molar-refractivity contribution is 5.46. The minimum absolute atomic E-state index is 0.00820. The van der Waals surface area contributed by atoms with Crippen LogP contribution in [0.15, 0.2) is 23.3 Å². The van der Waals surface area contributed by atoms with E-state index in [1.54, 1.807) is 10.9 Å². The lowest BCUT2D eigenvalue weighted by Gasteiger charge is -2.13. The number of aryl methyl sites for hydroxylation is 4. The van der Waals surface area contributed by atoms with Crippen molar-refractivity contribution in [2.75, 3.05) is 0 Å². The lowest BCUT2D eigenvalue weighted by Crippen LogP contribution is -2.23. The molecule has 0 spiro atoms. The maximum atomic E-state index is 12.3. The van der Waals surface area contributed by atoms with E-state index >= 15 is 0 Å². The molecule has 0 saturated carbocycles. The monoisotopic (exact) mass is 242 g/mol. The van der Waals surface area contributed by atoms with Crippen LogP contribution in [-0.4, -0.2) is 9.55 Å². The Morgan fingerprint density at radius 2 is 1.56 bits per heavy atom. The van der Waals surface area contributed by atoms with Crippen molar-refractivity contribution in [3.05, 3.63) is 56.8 Å². The predicted molar refractivity (Wildman–Crippen MR) is 73.5 cm³/mol. The topological polar surface area (TPSA) is 34.9 Å². The van der Waals surface area contributed by atoms with Gasteiger partial charge in [0.2, 0.25) is 0 Å². The Balaban J connectivity index is 2.74. The summed E-state index contributed by atoms with van der Waals surface area (Å²) >= 11 is 0. The summed E-state index contributed by atoms with van der Waals surface area (Å²) in [5.74, 6) is 0. The molecule has 0 radical (unpaired) electrons. The average Bonchev–Trinajstić information content (AvgIpc) is 2.32. The molecular formula is C15H18N2O. The molecule has 0 fully saturated rings. The van der Waals surface area contributed by atoms with E-state index in [1.807, 2.05) is 26.8 Å². The van der Waals surface area contributed by atoms with Gasteiger partial charge in [-0.1, -0.05) is 6.07 Å². The van der Waals surface area contributed by atoms with E-state index in [2.05, 4.69) is 24.9 Å². The molecule has 0 atom stereocenters. The van der Waals surface area contributed by atoms with Gasteiger partial charge in [0, 0.05) is 11.3 Å². The van der Waals surface area contributed by atoms with Gasteiger partial charge in [0.1, 0.15) is 6.33 Å². The summed E-state index contributed by atoms with van der Waals surface area (Å²) in [6.45, 7) is 9.82. The minimum Gasteiger partial charge on any atom is -0.269 e. The van der Waals surface area contributed by atoms with Crippen molar-refractivity contribution >= 4 is 0 Å². The molecule has 3 heteroatoms. The Labute approximate surface area is 107 Å². The van der Waals surface area contributed by atoms with Gasteiger partial charge in [-0.25, -0.2) is 4.98 Å². The number of nitrogens with zero attached hydrogens (tertiary/aromatic N) is 2. The third-order valence-electron chi connectivity index (χ3n) is 3.52. The van der Waals surface area contributed by atoms with Gasteiger partial charge in [-0.05, 0) is 57.4 Å². The highest BCUT2D eigenvalue weighted by Crippen LogP contribution is 2.18. The van der Waals surface area contributed by atoms with Crippen LogP contribution in [0.1, 0.15) is 27.9 Å². The third kappa shape index (κ3) is 1.96. The van der Waals surface area contributed by atoms with Crippen molar-refractivity contribution in [2.45, 2.75) is 34.6 Å². The maximum absolute atomic E-state index is 12.3. The molecule has 0 unspecified atom stereocenters. The van der Waals surface area contributed by atoms with Crippen LogP contribution in [0.5, 0.6) is 0 Å². The second-order valence-corrected chi connectivity index (χ2v) is 4.85. The summed E-state index contributed by atoms with van der Waals surface area (Å²) in [6.07, 6.45) is 1.61. The van der Waals surface area contributed by atoms with Gasteiger partial charge in [-0.15, -0.1) is 0 Å². The molecule has 0 aliphatic rings. The van der Waals surface area contributed by atoms with E-state index in [0.29, 0.717) is 5.56 Å². The molecule has 1 aromatic carbocycles. The summed E-state index contributed by atoms with van der Waals surface area (Å²) in [5, 5.41) is 0. The zero-order chi connectivity index (χ0) is 13.4. The summed E-state index contributed by atoms with van der Waals surface area (Å²) in [5.41, 5.74) is 5.92. The second-order valence-electron chi connectivity index (χ2n) is 4.85. The van der Waals surface area contributed by atoms with Crippen molar-refractivity contribution in [2.24, 2.45) is 0 Å². The SMILES string of the molecule is Cc1cc(C)c(-n2cnc(C)c(C)c2=O)cc1C. The van der Waals surface area contributed by atoms with Gasteiger partial charge in [-0.3, -0.25) is 9.36 Å². The van der Waals surface area contributed by atoms with E-state index in [1.165, 1.54) is 11.1 Å². The molecule has 3 nitrogen and oxygen atoms in total. The highest BCUT2D eigenvalue weighted by Gasteiger charge is 2.09. The number of hydrogen-bond donors (Lipinski definition) is 0. The van der Waals surface area contributed by atoms with Crippen molar-refractivity contribution < 1.29 is 0 Å². The van der Waals surface area contributed by atoms with E-state index < -0.39 is 0 Å². The van der Waals surface area contributed by atoms with Gasteiger partial charge >= 0.3 is 0 Å². The standard InChI is InChI=1S/C15H18N2O/c1-9-6-11(3)14(7-10(9)2)17-8-16-13(5)12(4)15(17)18/h6-8H,1-5H3. The zero-order valence-electron chi connectivity index (χ0n) is 11.5. The molecule has 1 heterocycles. The van der Waals surface area contributed by atoms with Crippen LogP contribution in [0.25, 0.3) is 5.69 Å². The van der Waals surface area contributed by atoms with E-state index in [0.717, 1.165) is 16.9 Å². The smallest absolute Gasteiger partial charge is 0.261 e. The van der Waals surface area contributed by atoms with Crippen molar-refractivity contribution in [1.82, 2.24) is 9.55 Å². The molecule has 0 bridgehead atoms. The molecule has 0 saturated heterocycles. The van der Waals surface area contributed by atoms with E-state index in [-0.39, 0.29) is 5.56 Å². The fourth-order valence-corrected chi connectivity index (χ4v) is 2.01. The molecule has 0 amide bonds. The molecule has 0 aliphatic carbocycles. The Morgan fingerprint density at radius 1 is 0.944 bits per heavy atom. The largest absolute Gasteiger partial charge is 0.269 e. The summed E-state index contributed by atoms with van der Waals surface area (Å²) in [6, 6.07) is 4.15. The van der Waals surface area contributed by atoms with Crippen molar-refractivity contribution in [3.8, 4) is 5.69 Å². The average molecular weight is 242 g/mol. The van der Waals surface area contributed by atoms with Crippen molar-refractivity contribution in [3.63, 3.8) is 0 Å². The summed E-state index contributed by atoms with van der Waals surface area (Å²) in [7, 11) is 0. The van der Waals surface area contributed by atoms with Crippen LogP contribution in [0.4, 0.5) is 0 Å². The number of rotatable bonds is 1. The fourth-order valence-electron chi connectivity index (χ4n) is 2.01. The maximum Gasteiger partial charge on any atom is 0.261 e. The van der Waals surface area contributed by atoms with Crippen LogP contribution >= 0.6 is 0 Å². The van der Waals surface area contributed by atoms with Crippen LogP contribution in [-0.2, 0) is 0 Å². The number of aromatic nitrogens is 2. The van der Waals surface area contributed by atoms with Crippen LogP contribution in [0.2, 0.25) is 0 Å². The first kappa shape index (κ1) is 12.6. The Bertz CT molecular complexity index is 669. The predicted octanol–water partition coefficient (Wildman–Crippen LogP) is 2.77. The molecule has 0 N–H and O–H groups in total. The summed E-state index contributed by atoms with van der Waals surface area (Å²) in [4.78, 5) is 16.5. The van der Waals surface area contributed by atoms with Gasteiger partial charge in [0.05, 0.1) is 5.69 Å². The molecule has 2 rings (SSSR count). The molecule has 2 aromatic rings. The lowest BCUT2D eigenvalue weighted by molar-refractivity contribution is 0.885. The van der Waals surface area contributed by atoms with Gasteiger partial charge in [0.15, 0.2) is 0 Å². The normalized spacial score (nSPS) is 10.7. The molecular weight excluding hydrogens is 224 g/mol.